The summed E-state index contributed by atoms with van der Waals surface area (Å²) in [6.45, 7) is 2.02. The molecular weight excluding hydrogens is 354 g/mol. The quantitative estimate of drug-likeness (QED) is 0.652. The van der Waals surface area contributed by atoms with E-state index in [0.29, 0.717) is 11.4 Å². The Morgan fingerprint density at radius 1 is 1.19 bits per heavy atom. The Morgan fingerprint density at radius 3 is 2.50 bits per heavy atom. The molecule has 0 aliphatic rings. The minimum atomic E-state index is -3.71. The SMILES string of the molecule is COC(CN)CC(=O)Nc1ccc(C)c(NS(=O)(=O)c2ccccc2)c1. The number of nitrogens with one attached hydrogen (secondary N) is 2. The molecule has 1 amide bonds. The summed E-state index contributed by atoms with van der Waals surface area (Å²) in [5.41, 5.74) is 7.13. The Kier molecular flexibility index (Phi) is 6.73. The lowest BCUT2D eigenvalue weighted by Crippen LogP contribution is -2.28. The predicted molar refractivity (Wildman–Crippen MR) is 102 cm³/mol. The van der Waals surface area contributed by atoms with Crippen LogP contribution in [0.2, 0.25) is 0 Å². The van der Waals surface area contributed by atoms with E-state index in [1.165, 1.54) is 19.2 Å². The Hall–Kier alpha value is -2.42. The molecule has 1 unspecified atom stereocenters. The number of amides is 1. The summed E-state index contributed by atoms with van der Waals surface area (Å²) in [6.07, 6.45) is -0.247. The van der Waals surface area contributed by atoms with E-state index in [2.05, 4.69) is 10.0 Å². The van der Waals surface area contributed by atoms with Gasteiger partial charge in [0.25, 0.3) is 10.0 Å². The van der Waals surface area contributed by atoms with Gasteiger partial charge < -0.3 is 15.8 Å². The smallest absolute Gasteiger partial charge is 0.261 e. The number of anilines is 2. The van der Waals surface area contributed by atoms with Gasteiger partial charge in [0.05, 0.1) is 23.1 Å². The van der Waals surface area contributed by atoms with Crippen LogP contribution in [0.4, 0.5) is 11.4 Å². The number of ether oxygens (including phenoxy) is 1. The lowest BCUT2D eigenvalue weighted by Gasteiger charge is -2.15. The first kappa shape index (κ1) is 19.9. The third kappa shape index (κ3) is 5.29. The number of sulfonamides is 1. The number of carbonyl (C=O) groups excluding carboxylic acids is 1. The van der Waals surface area contributed by atoms with Crippen molar-refractivity contribution < 1.29 is 17.9 Å². The van der Waals surface area contributed by atoms with Crippen LogP contribution in [0.1, 0.15) is 12.0 Å². The molecule has 4 N–H and O–H groups in total. The van der Waals surface area contributed by atoms with Crippen LogP contribution in [0.3, 0.4) is 0 Å². The van der Waals surface area contributed by atoms with Crippen molar-refractivity contribution in [2.45, 2.75) is 24.3 Å². The molecule has 0 radical (unpaired) electrons. The second-order valence-corrected chi connectivity index (χ2v) is 7.48. The van der Waals surface area contributed by atoms with Gasteiger partial charge in [-0.05, 0) is 36.8 Å². The number of nitrogens with two attached hydrogens (primary N) is 1. The van der Waals surface area contributed by atoms with Gasteiger partial charge in [0.1, 0.15) is 0 Å². The number of methoxy groups -OCH3 is 1. The second-order valence-electron chi connectivity index (χ2n) is 5.79. The van der Waals surface area contributed by atoms with E-state index in [1.807, 2.05) is 0 Å². The first-order chi connectivity index (χ1) is 12.4. The summed E-state index contributed by atoms with van der Waals surface area (Å²) in [5.74, 6) is -0.261. The van der Waals surface area contributed by atoms with Crippen molar-refractivity contribution in [3.05, 3.63) is 54.1 Å². The summed E-state index contributed by atoms with van der Waals surface area (Å²) in [6, 6.07) is 13.1. The largest absolute Gasteiger partial charge is 0.380 e. The summed E-state index contributed by atoms with van der Waals surface area (Å²) in [5, 5.41) is 2.72. The zero-order valence-electron chi connectivity index (χ0n) is 14.7. The standard InChI is InChI=1S/C18H23N3O4S/c1-13-8-9-14(20-18(22)11-15(12-19)25-2)10-17(13)21-26(23,24)16-6-4-3-5-7-16/h3-10,15,21H,11-12,19H2,1-2H3,(H,20,22). The Bertz CT molecular complexity index is 850. The van der Waals surface area contributed by atoms with Gasteiger partial charge >= 0.3 is 0 Å². The molecule has 26 heavy (non-hydrogen) atoms. The normalized spacial score (nSPS) is 12.4. The van der Waals surface area contributed by atoms with Crippen LogP contribution in [0, 0.1) is 6.92 Å². The van der Waals surface area contributed by atoms with E-state index in [9.17, 15) is 13.2 Å². The fourth-order valence-corrected chi connectivity index (χ4v) is 3.44. The molecule has 0 bridgehead atoms. The molecule has 8 heteroatoms. The topological polar surface area (TPSA) is 111 Å². The lowest BCUT2D eigenvalue weighted by atomic mass is 10.2. The fourth-order valence-electron chi connectivity index (χ4n) is 2.29. The molecule has 0 aliphatic carbocycles. The van der Waals surface area contributed by atoms with Crippen LogP contribution in [0.5, 0.6) is 0 Å². The first-order valence-corrected chi connectivity index (χ1v) is 9.55. The Morgan fingerprint density at radius 2 is 1.88 bits per heavy atom. The highest BCUT2D eigenvalue weighted by Gasteiger charge is 2.16. The van der Waals surface area contributed by atoms with E-state index in [0.717, 1.165) is 5.56 Å². The summed E-state index contributed by atoms with van der Waals surface area (Å²) in [4.78, 5) is 12.2. The molecule has 140 valence electrons. The Balaban J connectivity index is 2.16. The second kappa shape index (κ2) is 8.79. The number of hydrogen-bond donors (Lipinski definition) is 3. The van der Waals surface area contributed by atoms with Gasteiger partial charge in [0, 0.05) is 19.3 Å². The van der Waals surface area contributed by atoms with Crippen molar-refractivity contribution in [1.29, 1.82) is 0 Å². The molecule has 7 nitrogen and oxygen atoms in total. The van der Waals surface area contributed by atoms with Gasteiger partial charge in [-0.3, -0.25) is 9.52 Å². The van der Waals surface area contributed by atoms with E-state index < -0.39 is 10.0 Å². The zero-order chi connectivity index (χ0) is 19.2. The van der Waals surface area contributed by atoms with E-state index in [-0.39, 0.29) is 29.9 Å². The molecule has 0 heterocycles. The summed E-state index contributed by atoms with van der Waals surface area (Å²) in [7, 11) is -2.21. The molecule has 0 spiro atoms. The Labute approximate surface area is 153 Å². The van der Waals surface area contributed by atoms with Gasteiger partial charge in [-0.15, -0.1) is 0 Å². The molecular formula is C18H23N3O4S. The molecule has 2 aromatic carbocycles. The van der Waals surface area contributed by atoms with Crippen LogP contribution in [0.15, 0.2) is 53.4 Å². The van der Waals surface area contributed by atoms with Gasteiger partial charge in [0.15, 0.2) is 0 Å². The predicted octanol–water partition coefficient (Wildman–Crippen LogP) is 2.10. The van der Waals surface area contributed by atoms with Gasteiger partial charge in [-0.25, -0.2) is 8.42 Å². The molecule has 0 saturated carbocycles. The summed E-state index contributed by atoms with van der Waals surface area (Å²) >= 11 is 0. The highest BCUT2D eigenvalue weighted by atomic mass is 32.2. The van der Waals surface area contributed by atoms with E-state index >= 15 is 0 Å². The maximum Gasteiger partial charge on any atom is 0.261 e. The number of hydrogen-bond acceptors (Lipinski definition) is 5. The van der Waals surface area contributed by atoms with Crippen molar-refractivity contribution in [2.24, 2.45) is 5.73 Å². The highest BCUT2D eigenvalue weighted by Crippen LogP contribution is 2.23. The van der Waals surface area contributed by atoms with E-state index in [1.54, 1.807) is 43.3 Å². The minimum absolute atomic E-state index is 0.117. The average molecular weight is 377 g/mol. The maximum absolute atomic E-state index is 12.5. The van der Waals surface area contributed by atoms with Crippen molar-refractivity contribution in [3.63, 3.8) is 0 Å². The fraction of sp³-hybridized carbons (Fsp3) is 0.278. The van der Waals surface area contributed by atoms with Crippen molar-refractivity contribution in [1.82, 2.24) is 0 Å². The minimum Gasteiger partial charge on any atom is -0.380 e. The zero-order valence-corrected chi connectivity index (χ0v) is 15.5. The molecule has 1 atom stereocenters. The van der Waals surface area contributed by atoms with Crippen LogP contribution in [0.25, 0.3) is 0 Å². The molecule has 0 aromatic heterocycles. The number of benzene rings is 2. The van der Waals surface area contributed by atoms with Gasteiger partial charge in [0.2, 0.25) is 5.91 Å². The molecule has 2 rings (SSSR count). The lowest BCUT2D eigenvalue weighted by molar-refractivity contribution is -0.118. The number of aryl methyl sites for hydroxylation is 1. The number of rotatable bonds is 8. The molecule has 0 aliphatic heterocycles. The third-order valence-corrected chi connectivity index (χ3v) is 5.21. The van der Waals surface area contributed by atoms with Crippen LogP contribution >= 0.6 is 0 Å². The average Bonchev–Trinajstić information content (AvgIpc) is 2.63. The first-order valence-electron chi connectivity index (χ1n) is 8.07. The van der Waals surface area contributed by atoms with E-state index in [4.69, 9.17) is 10.5 Å². The monoisotopic (exact) mass is 377 g/mol. The summed E-state index contributed by atoms with van der Waals surface area (Å²) < 4.78 is 32.6. The van der Waals surface area contributed by atoms with Gasteiger partial charge in [-0.2, -0.15) is 0 Å². The van der Waals surface area contributed by atoms with Crippen LogP contribution < -0.4 is 15.8 Å². The van der Waals surface area contributed by atoms with Gasteiger partial charge in [-0.1, -0.05) is 24.3 Å². The number of carbonyl (C=O) groups is 1. The van der Waals surface area contributed by atoms with Crippen molar-refractivity contribution in [3.8, 4) is 0 Å². The van der Waals surface area contributed by atoms with Crippen LogP contribution in [-0.2, 0) is 19.6 Å². The molecule has 0 fully saturated rings. The van der Waals surface area contributed by atoms with Crippen molar-refractivity contribution >= 4 is 27.3 Å². The highest BCUT2D eigenvalue weighted by molar-refractivity contribution is 7.92. The maximum atomic E-state index is 12.5. The molecule has 0 saturated heterocycles. The third-order valence-electron chi connectivity index (χ3n) is 3.83. The van der Waals surface area contributed by atoms with Crippen molar-refractivity contribution in [2.75, 3.05) is 23.7 Å². The van der Waals surface area contributed by atoms with Crippen LogP contribution in [-0.4, -0.2) is 34.1 Å². The molecule has 2 aromatic rings.